The summed E-state index contributed by atoms with van der Waals surface area (Å²) in [7, 11) is 0. The zero-order valence-corrected chi connectivity index (χ0v) is 18.8. The molecule has 5 atom stereocenters. The standard InChI is InChI=1S/C19H29N7O9/c1-8(27)15(21)18(33)25-11(4-9-6-22-7-23-9)17(32)24-10(2-3-13(20)28)16(31)26-12(19(34)35)5-14(29)30/h6-8,10-12,15,27H,2-5,21H2,1H3,(H2,20,28)(H,22,23)(H,24,32)(H,25,33)(H,26,31)(H,29,30)(H,34,35). The number of aromatic amines is 1. The highest BCUT2D eigenvalue weighted by Crippen LogP contribution is 2.05. The Morgan fingerprint density at radius 2 is 1.57 bits per heavy atom. The van der Waals surface area contributed by atoms with Crippen LogP contribution in [0.25, 0.3) is 0 Å². The van der Waals surface area contributed by atoms with Crippen LogP contribution in [0.1, 0.15) is 31.9 Å². The largest absolute Gasteiger partial charge is 0.481 e. The zero-order valence-electron chi connectivity index (χ0n) is 18.8. The quantitative estimate of drug-likeness (QED) is 0.112. The van der Waals surface area contributed by atoms with E-state index >= 15 is 0 Å². The second kappa shape index (κ2) is 13.6. The number of carbonyl (C=O) groups excluding carboxylic acids is 4. The highest BCUT2D eigenvalue weighted by molar-refractivity contribution is 5.95. The molecule has 0 aliphatic rings. The number of hydrogen-bond donors (Lipinski definition) is 9. The van der Waals surface area contributed by atoms with Crippen LogP contribution in [0.5, 0.6) is 0 Å². The third-order valence-electron chi connectivity index (χ3n) is 4.74. The summed E-state index contributed by atoms with van der Waals surface area (Å²) in [5, 5.41) is 34.2. The number of carboxylic acids is 2. The maximum absolute atomic E-state index is 13.0. The number of imidazole rings is 1. The van der Waals surface area contributed by atoms with Crippen LogP contribution < -0.4 is 27.4 Å². The van der Waals surface area contributed by atoms with E-state index in [1.807, 2.05) is 5.32 Å². The number of hydrogen-bond acceptors (Lipinski definition) is 9. The Bertz CT molecular complexity index is 920. The number of carboxylic acid groups (broad SMARTS) is 2. The van der Waals surface area contributed by atoms with Crippen LogP contribution in [-0.4, -0.2) is 91.1 Å². The normalized spacial score (nSPS) is 15.1. The molecule has 5 unspecified atom stereocenters. The summed E-state index contributed by atoms with van der Waals surface area (Å²) in [5.41, 5.74) is 11.1. The second-order valence-electron chi connectivity index (χ2n) is 7.67. The molecule has 1 rings (SSSR count). The van der Waals surface area contributed by atoms with Gasteiger partial charge in [0.1, 0.15) is 24.2 Å². The first-order valence-corrected chi connectivity index (χ1v) is 10.4. The lowest BCUT2D eigenvalue weighted by atomic mass is 10.1. The molecule has 0 aliphatic heterocycles. The summed E-state index contributed by atoms with van der Waals surface area (Å²) in [4.78, 5) is 77.9. The van der Waals surface area contributed by atoms with Crippen molar-refractivity contribution in [2.45, 2.75) is 62.9 Å². The molecule has 0 aliphatic carbocycles. The number of amides is 4. The van der Waals surface area contributed by atoms with Gasteiger partial charge in [-0.3, -0.25) is 24.0 Å². The number of aromatic nitrogens is 2. The van der Waals surface area contributed by atoms with Gasteiger partial charge < -0.3 is 47.7 Å². The monoisotopic (exact) mass is 499 g/mol. The zero-order chi connectivity index (χ0) is 26.7. The minimum absolute atomic E-state index is 0.134. The summed E-state index contributed by atoms with van der Waals surface area (Å²) >= 11 is 0. The van der Waals surface area contributed by atoms with E-state index in [9.17, 15) is 33.9 Å². The Labute approximate surface area is 198 Å². The Hall–Kier alpha value is -4.05. The van der Waals surface area contributed by atoms with Gasteiger partial charge in [-0.05, 0) is 13.3 Å². The number of aliphatic carboxylic acids is 2. The van der Waals surface area contributed by atoms with Gasteiger partial charge in [0, 0.05) is 24.7 Å². The molecular formula is C19H29N7O9. The van der Waals surface area contributed by atoms with Crippen molar-refractivity contribution in [2.24, 2.45) is 11.5 Å². The predicted molar refractivity (Wildman–Crippen MR) is 116 cm³/mol. The third kappa shape index (κ3) is 10.2. The summed E-state index contributed by atoms with van der Waals surface area (Å²) in [6, 6.07) is -6.01. The lowest BCUT2D eigenvalue weighted by molar-refractivity contribution is -0.147. The van der Waals surface area contributed by atoms with E-state index in [2.05, 4.69) is 20.6 Å². The molecular weight excluding hydrogens is 470 g/mol. The molecule has 0 bridgehead atoms. The van der Waals surface area contributed by atoms with Crippen molar-refractivity contribution in [3.8, 4) is 0 Å². The van der Waals surface area contributed by atoms with E-state index in [1.54, 1.807) is 0 Å². The molecule has 16 nitrogen and oxygen atoms in total. The van der Waals surface area contributed by atoms with Gasteiger partial charge in [0.25, 0.3) is 0 Å². The fraction of sp³-hybridized carbons (Fsp3) is 0.526. The highest BCUT2D eigenvalue weighted by Gasteiger charge is 2.32. The summed E-state index contributed by atoms with van der Waals surface area (Å²) in [6.45, 7) is 1.27. The minimum Gasteiger partial charge on any atom is -0.481 e. The SMILES string of the molecule is CC(O)C(N)C(=O)NC(Cc1cnc[nH]1)C(=O)NC(CCC(N)=O)C(=O)NC(CC(=O)O)C(=O)O. The first-order chi connectivity index (χ1) is 16.3. The topological polar surface area (TPSA) is 280 Å². The molecule has 4 amide bonds. The van der Waals surface area contributed by atoms with E-state index in [0.717, 1.165) is 0 Å². The van der Waals surface area contributed by atoms with Gasteiger partial charge in [-0.15, -0.1) is 0 Å². The van der Waals surface area contributed by atoms with E-state index < -0.39 is 72.3 Å². The fourth-order valence-corrected chi connectivity index (χ4v) is 2.79. The van der Waals surface area contributed by atoms with Crippen molar-refractivity contribution >= 4 is 35.6 Å². The van der Waals surface area contributed by atoms with Crippen molar-refractivity contribution < 1.29 is 44.1 Å². The first kappa shape index (κ1) is 29.0. The predicted octanol–water partition coefficient (Wildman–Crippen LogP) is -4.06. The van der Waals surface area contributed by atoms with Gasteiger partial charge in [0.15, 0.2) is 0 Å². The number of H-pyrrole nitrogens is 1. The average Bonchev–Trinajstić information content (AvgIpc) is 3.27. The van der Waals surface area contributed by atoms with Crippen molar-refractivity contribution in [1.29, 1.82) is 0 Å². The van der Waals surface area contributed by atoms with Gasteiger partial charge in [0.05, 0.1) is 18.9 Å². The van der Waals surface area contributed by atoms with Crippen LogP contribution in [-0.2, 0) is 35.2 Å². The van der Waals surface area contributed by atoms with E-state index in [1.165, 1.54) is 19.4 Å². The number of primary amides is 1. The number of nitrogens with zero attached hydrogens (tertiary/aromatic N) is 1. The minimum atomic E-state index is -1.81. The van der Waals surface area contributed by atoms with E-state index in [4.69, 9.17) is 21.7 Å². The van der Waals surface area contributed by atoms with Gasteiger partial charge in [-0.1, -0.05) is 0 Å². The molecule has 0 saturated carbocycles. The molecule has 11 N–H and O–H groups in total. The number of nitrogens with one attached hydrogen (secondary N) is 4. The Kier molecular flexibility index (Phi) is 11.3. The van der Waals surface area contributed by atoms with Crippen LogP contribution in [0.15, 0.2) is 12.5 Å². The molecule has 16 heteroatoms. The lowest BCUT2D eigenvalue weighted by Gasteiger charge is -2.25. The number of aliphatic hydroxyl groups excluding tert-OH is 1. The maximum Gasteiger partial charge on any atom is 0.326 e. The van der Waals surface area contributed by atoms with Crippen LogP contribution >= 0.6 is 0 Å². The smallest absolute Gasteiger partial charge is 0.326 e. The molecule has 194 valence electrons. The second-order valence-corrected chi connectivity index (χ2v) is 7.67. The molecule has 1 heterocycles. The number of aliphatic hydroxyl groups is 1. The molecule has 0 aromatic carbocycles. The first-order valence-electron chi connectivity index (χ1n) is 10.4. The van der Waals surface area contributed by atoms with Crippen LogP contribution in [0.2, 0.25) is 0 Å². The molecule has 0 spiro atoms. The van der Waals surface area contributed by atoms with Crippen molar-refractivity contribution in [2.75, 3.05) is 0 Å². The maximum atomic E-state index is 13.0. The number of carbonyl (C=O) groups is 6. The van der Waals surface area contributed by atoms with E-state index in [0.29, 0.717) is 5.69 Å². The molecule has 0 radical (unpaired) electrons. The molecule has 1 aromatic heterocycles. The van der Waals surface area contributed by atoms with Crippen LogP contribution in [0.3, 0.4) is 0 Å². The highest BCUT2D eigenvalue weighted by atomic mass is 16.4. The fourth-order valence-electron chi connectivity index (χ4n) is 2.79. The average molecular weight is 499 g/mol. The van der Waals surface area contributed by atoms with E-state index in [-0.39, 0.29) is 19.3 Å². The Morgan fingerprint density at radius 3 is 2.06 bits per heavy atom. The van der Waals surface area contributed by atoms with Gasteiger partial charge in [0.2, 0.25) is 23.6 Å². The number of nitrogens with two attached hydrogens (primary N) is 2. The summed E-state index contributed by atoms with van der Waals surface area (Å²) in [5.74, 6) is -6.81. The number of rotatable bonds is 15. The van der Waals surface area contributed by atoms with Gasteiger partial charge in [-0.2, -0.15) is 0 Å². The molecule has 0 saturated heterocycles. The van der Waals surface area contributed by atoms with Crippen LogP contribution in [0.4, 0.5) is 0 Å². The third-order valence-corrected chi connectivity index (χ3v) is 4.74. The van der Waals surface area contributed by atoms with Crippen molar-refractivity contribution in [1.82, 2.24) is 25.9 Å². The molecule has 0 fully saturated rings. The lowest BCUT2D eigenvalue weighted by Crippen LogP contribution is -2.58. The van der Waals surface area contributed by atoms with Gasteiger partial charge >= 0.3 is 11.9 Å². The molecule has 1 aromatic rings. The Balaban J connectivity index is 3.09. The summed E-state index contributed by atoms with van der Waals surface area (Å²) < 4.78 is 0. The molecule has 35 heavy (non-hydrogen) atoms. The van der Waals surface area contributed by atoms with Crippen molar-refractivity contribution in [3.05, 3.63) is 18.2 Å². The van der Waals surface area contributed by atoms with Crippen LogP contribution in [0, 0.1) is 0 Å². The summed E-state index contributed by atoms with van der Waals surface area (Å²) in [6.07, 6.45) is -0.322. The Morgan fingerprint density at radius 1 is 1.00 bits per heavy atom. The van der Waals surface area contributed by atoms with Gasteiger partial charge in [-0.25, -0.2) is 9.78 Å². The van der Waals surface area contributed by atoms with Crippen molar-refractivity contribution in [3.63, 3.8) is 0 Å².